The Morgan fingerprint density at radius 3 is 2.44 bits per heavy atom. The van der Waals surface area contributed by atoms with Gasteiger partial charge in [-0.2, -0.15) is 0 Å². The fourth-order valence-electron chi connectivity index (χ4n) is 1.00. The number of hydrogen-bond donors (Lipinski definition) is 0. The first-order chi connectivity index (χ1) is 7.20. The van der Waals surface area contributed by atoms with E-state index in [-0.39, 0.29) is 14.2 Å². The molecule has 0 saturated heterocycles. The smallest absolute Gasteiger partial charge is 0.405 e. The minimum atomic E-state index is -4.79. The molecule has 0 unspecified atom stereocenters. The van der Waals surface area contributed by atoms with Crippen LogP contribution in [0, 0.1) is 3.57 Å². The van der Waals surface area contributed by atoms with Crippen molar-refractivity contribution in [3.63, 3.8) is 0 Å². The highest BCUT2D eigenvalue weighted by atomic mass is 127. The Kier molecular flexibility index (Phi) is 4.06. The van der Waals surface area contributed by atoms with Gasteiger partial charge >= 0.3 is 6.36 Å². The van der Waals surface area contributed by atoms with E-state index in [1.165, 1.54) is 13.0 Å². The highest BCUT2D eigenvalue weighted by Crippen LogP contribution is 2.32. The molecule has 1 aromatic rings. The molecule has 0 aliphatic heterocycles. The van der Waals surface area contributed by atoms with E-state index in [4.69, 9.17) is 11.6 Å². The summed E-state index contributed by atoms with van der Waals surface area (Å²) >= 11 is 7.35. The van der Waals surface area contributed by atoms with Crippen molar-refractivity contribution in [2.45, 2.75) is 13.3 Å². The summed E-state index contributed by atoms with van der Waals surface area (Å²) in [6, 6.07) is 2.24. The molecular formula is C9H5ClF3IO2. The van der Waals surface area contributed by atoms with Crippen molar-refractivity contribution in [2.24, 2.45) is 0 Å². The Bertz CT molecular complexity index is 431. The number of alkyl halides is 3. The summed E-state index contributed by atoms with van der Waals surface area (Å²) in [7, 11) is 0. The minimum absolute atomic E-state index is 0.00123. The Morgan fingerprint density at radius 1 is 1.44 bits per heavy atom. The first-order valence-corrected chi connectivity index (χ1v) is 5.42. The Morgan fingerprint density at radius 2 is 2.00 bits per heavy atom. The van der Waals surface area contributed by atoms with Gasteiger partial charge < -0.3 is 4.74 Å². The number of ether oxygens (including phenoxy) is 1. The molecule has 0 atom stereocenters. The molecule has 0 amide bonds. The third-order valence-electron chi connectivity index (χ3n) is 1.63. The first kappa shape index (κ1) is 13.6. The molecule has 0 heterocycles. The van der Waals surface area contributed by atoms with Crippen LogP contribution >= 0.6 is 34.2 Å². The second-order valence-electron chi connectivity index (χ2n) is 2.87. The number of ketones is 1. The molecule has 1 aromatic carbocycles. The molecule has 0 spiro atoms. The third kappa shape index (κ3) is 3.51. The van der Waals surface area contributed by atoms with Gasteiger partial charge in [0.15, 0.2) is 5.78 Å². The zero-order valence-electron chi connectivity index (χ0n) is 7.86. The van der Waals surface area contributed by atoms with Crippen LogP contribution in [0.1, 0.15) is 17.3 Å². The van der Waals surface area contributed by atoms with Gasteiger partial charge in [0.1, 0.15) is 5.75 Å². The summed E-state index contributed by atoms with van der Waals surface area (Å²) < 4.78 is 40.0. The number of carbonyl (C=O) groups excluding carboxylic acids is 1. The van der Waals surface area contributed by atoms with Gasteiger partial charge in [-0.1, -0.05) is 11.6 Å². The van der Waals surface area contributed by atoms with Crippen LogP contribution in [0.3, 0.4) is 0 Å². The molecule has 16 heavy (non-hydrogen) atoms. The number of rotatable bonds is 2. The normalized spacial score (nSPS) is 11.4. The van der Waals surface area contributed by atoms with E-state index < -0.39 is 17.9 Å². The van der Waals surface area contributed by atoms with Crippen LogP contribution in [0.15, 0.2) is 12.1 Å². The molecule has 0 aliphatic rings. The lowest BCUT2D eigenvalue weighted by molar-refractivity contribution is -0.274. The van der Waals surface area contributed by atoms with Crippen molar-refractivity contribution in [3.8, 4) is 5.75 Å². The van der Waals surface area contributed by atoms with Gasteiger partial charge in [-0.15, -0.1) is 13.2 Å². The molecule has 0 saturated carbocycles. The van der Waals surface area contributed by atoms with Gasteiger partial charge in [0.25, 0.3) is 0 Å². The number of Topliss-reactive ketones (excluding diaryl/α,β-unsaturated/α-hetero) is 1. The zero-order valence-corrected chi connectivity index (χ0v) is 10.8. The summed E-state index contributed by atoms with van der Waals surface area (Å²) in [5.74, 6) is -0.851. The van der Waals surface area contributed by atoms with Gasteiger partial charge in [-0.05, 0) is 41.6 Å². The standard InChI is InChI=1S/C9H5ClF3IO2/c1-4(15)5-2-8(16-9(11,12)13)7(14)3-6(5)10/h2-3H,1H3. The van der Waals surface area contributed by atoms with Gasteiger partial charge in [0.05, 0.1) is 8.59 Å². The number of carbonyl (C=O) groups is 1. The average Bonchev–Trinajstić information content (AvgIpc) is 2.07. The van der Waals surface area contributed by atoms with Gasteiger partial charge in [-0.25, -0.2) is 0 Å². The van der Waals surface area contributed by atoms with Crippen LogP contribution in [-0.4, -0.2) is 12.1 Å². The summed E-state index contributed by atoms with van der Waals surface area (Å²) in [5, 5.41) is 0.103. The predicted octanol–water partition coefficient (Wildman–Crippen LogP) is 4.05. The second kappa shape index (κ2) is 4.79. The fraction of sp³-hybridized carbons (Fsp3) is 0.222. The maximum atomic E-state index is 12.0. The van der Waals surface area contributed by atoms with Crippen molar-refractivity contribution >= 4 is 40.0 Å². The van der Waals surface area contributed by atoms with Crippen LogP contribution in [-0.2, 0) is 0 Å². The Labute approximate surface area is 108 Å². The van der Waals surface area contributed by atoms with Crippen molar-refractivity contribution in [3.05, 3.63) is 26.3 Å². The number of benzene rings is 1. The monoisotopic (exact) mass is 364 g/mol. The van der Waals surface area contributed by atoms with Gasteiger partial charge in [-0.3, -0.25) is 4.79 Å². The molecule has 0 N–H and O–H groups in total. The highest BCUT2D eigenvalue weighted by Gasteiger charge is 2.32. The van der Waals surface area contributed by atoms with Crippen LogP contribution in [0.25, 0.3) is 0 Å². The van der Waals surface area contributed by atoms with Gasteiger partial charge in [0.2, 0.25) is 0 Å². The quantitative estimate of drug-likeness (QED) is 0.585. The number of hydrogen-bond acceptors (Lipinski definition) is 2. The summed E-state index contributed by atoms with van der Waals surface area (Å²) in [6.07, 6.45) is -4.79. The fourth-order valence-corrected chi connectivity index (χ4v) is 2.06. The first-order valence-electron chi connectivity index (χ1n) is 3.96. The van der Waals surface area contributed by atoms with Crippen LogP contribution in [0.4, 0.5) is 13.2 Å². The zero-order chi connectivity index (χ0) is 12.5. The SMILES string of the molecule is CC(=O)c1cc(OC(F)(F)F)c(I)cc1Cl. The molecule has 7 heteroatoms. The van der Waals surface area contributed by atoms with E-state index in [0.29, 0.717) is 0 Å². The van der Waals surface area contributed by atoms with Crippen molar-refractivity contribution in [2.75, 3.05) is 0 Å². The van der Waals surface area contributed by atoms with Crippen LogP contribution in [0.2, 0.25) is 5.02 Å². The lowest BCUT2D eigenvalue weighted by atomic mass is 10.1. The predicted molar refractivity (Wildman–Crippen MR) is 60.9 cm³/mol. The van der Waals surface area contributed by atoms with Gasteiger partial charge in [0, 0.05) is 5.56 Å². The summed E-state index contributed by atoms with van der Waals surface area (Å²) in [6.45, 7) is 1.21. The Balaban J connectivity index is 3.20. The summed E-state index contributed by atoms with van der Waals surface area (Å²) in [5.41, 5.74) is 0.00123. The van der Waals surface area contributed by atoms with Crippen molar-refractivity contribution in [1.82, 2.24) is 0 Å². The van der Waals surface area contributed by atoms with E-state index in [2.05, 4.69) is 4.74 Å². The van der Waals surface area contributed by atoms with E-state index in [0.717, 1.165) is 6.07 Å². The van der Waals surface area contributed by atoms with Crippen molar-refractivity contribution in [1.29, 1.82) is 0 Å². The van der Waals surface area contributed by atoms with E-state index >= 15 is 0 Å². The van der Waals surface area contributed by atoms with Crippen LogP contribution in [0.5, 0.6) is 5.75 Å². The average molecular weight is 364 g/mol. The second-order valence-corrected chi connectivity index (χ2v) is 4.44. The van der Waals surface area contributed by atoms with E-state index in [9.17, 15) is 18.0 Å². The topological polar surface area (TPSA) is 26.3 Å². The van der Waals surface area contributed by atoms with Crippen molar-refractivity contribution < 1.29 is 22.7 Å². The number of halogens is 5. The third-order valence-corrected chi connectivity index (χ3v) is 2.78. The lowest BCUT2D eigenvalue weighted by Crippen LogP contribution is -2.18. The minimum Gasteiger partial charge on any atom is -0.405 e. The highest BCUT2D eigenvalue weighted by molar-refractivity contribution is 14.1. The lowest BCUT2D eigenvalue weighted by Gasteiger charge is -2.12. The molecular weight excluding hydrogens is 359 g/mol. The summed E-state index contributed by atoms with van der Waals surface area (Å²) in [4.78, 5) is 11.1. The van der Waals surface area contributed by atoms with Crippen LogP contribution < -0.4 is 4.74 Å². The Hall–Kier alpha value is -0.500. The molecule has 0 aliphatic carbocycles. The maximum Gasteiger partial charge on any atom is 0.573 e. The molecule has 0 bridgehead atoms. The molecule has 0 fully saturated rings. The maximum absolute atomic E-state index is 12.0. The molecule has 0 radical (unpaired) electrons. The van der Waals surface area contributed by atoms with E-state index in [1.54, 1.807) is 22.6 Å². The molecule has 2 nitrogen and oxygen atoms in total. The molecule has 1 rings (SSSR count). The molecule has 0 aromatic heterocycles. The largest absolute Gasteiger partial charge is 0.573 e. The molecule has 88 valence electrons. The van der Waals surface area contributed by atoms with E-state index in [1.807, 2.05) is 0 Å².